The molecular formula is C12H21NO5. The van der Waals surface area contributed by atoms with Gasteiger partial charge in [0.25, 0.3) is 0 Å². The summed E-state index contributed by atoms with van der Waals surface area (Å²) in [4.78, 5) is 24.7. The van der Waals surface area contributed by atoms with Gasteiger partial charge in [-0.15, -0.1) is 0 Å². The number of nitrogens with zero attached hydrogens (tertiary/aromatic N) is 1. The monoisotopic (exact) mass is 259 g/mol. The molecule has 0 bridgehead atoms. The van der Waals surface area contributed by atoms with Crippen molar-refractivity contribution >= 4 is 12.1 Å². The van der Waals surface area contributed by atoms with Crippen LogP contribution in [-0.4, -0.2) is 47.0 Å². The molecule has 1 unspecified atom stereocenters. The first-order valence-corrected chi connectivity index (χ1v) is 6.03. The van der Waals surface area contributed by atoms with Gasteiger partial charge in [0.2, 0.25) is 0 Å². The van der Waals surface area contributed by atoms with Crippen LogP contribution < -0.4 is 0 Å². The van der Waals surface area contributed by atoms with E-state index in [0.717, 1.165) is 4.90 Å². The number of esters is 1. The van der Waals surface area contributed by atoms with E-state index in [1.807, 2.05) is 0 Å². The van der Waals surface area contributed by atoms with Crippen LogP contribution >= 0.6 is 0 Å². The highest BCUT2D eigenvalue weighted by molar-refractivity contribution is 5.82. The van der Waals surface area contributed by atoms with Crippen molar-refractivity contribution < 1.29 is 24.2 Å². The summed E-state index contributed by atoms with van der Waals surface area (Å²) in [5, 5.41) is 9.81. The highest BCUT2D eigenvalue weighted by atomic mass is 16.6. The molecule has 1 aliphatic rings. The number of rotatable bonds is 1. The lowest BCUT2D eigenvalue weighted by molar-refractivity contribution is -0.167. The van der Waals surface area contributed by atoms with Gasteiger partial charge >= 0.3 is 12.1 Å². The van der Waals surface area contributed by atoms with Crippen LogP contribution in [-0.2, 0) is 14.3 Å². The molecule has 6 heteroatoms. The maximum atomic E-state index is 12.0. The zero-order valence-corrected chi connectivity index (χ0v) is 11.3. The van der Waals surface area contributed by atoms with Crippen molar-refractivity contribution in [1.29, 1.82) is 0 Å². The molecule has 0 aromatic heterocycles. The second-order valence-electron chi connectivity index (χ2n) is 5.34. The van der Waals surface area contributed by atoms with Crippen LogP contribution in [0.1, 0.15) is 40.0 Å². The van der Waals surface area contributed by atoms with Crippen molar-refractivity contribution in [2.24, 2.45) is 0 Å². The SMILES string of the molecule is COC(=O)N1C(O)CCC[C@H]1C(=O)OC(C)(C)C. The number of carbonyl (C=O) groups is 2. The number of piperidine rings is 1. The third-order valence-corrected chi connectivity index (χ3v) is 2.66. The van der Waals surface area contributed by atoms with Gasteiger partial charge in [-0.1, -0.05) is 0 Å². The summed E-state index contributed by atoms with van der Waals surface area (Å²) in [6, 6.07) is -0.777. The smallest absolute Gasteiger partial charge is 0.412 e. The van der Waals surface area contributed by atoms with Gasteiger partial charge in [0.05, 0.1) is 7.11 Å². The van der Waals surface area contributed by atoms with E-state index in [4.69, 9.17) is 4.74 Å². The fourth-order valence-electron chi connectivity index (χ4n) is 1.94. The Bertz CT molecular complexity index is 323. The Kier molecular flexibility index (Phi) is 4.56. The highest BCUT2D eigenvalue weighted by Gasteiger charge is 2.40. The second kappa shape index (κ2) is 5.56. The molecule has 2 atom stereocenters. The minimum absolute atomic E-state index is 0.439. The molecule has 0 aromatic carbocycles. The van der Waals surface area contributed by atoms with Gasteiger partial charge in [-0.3, -0.25) is 4.90 Å². The summed E-state index contributed by atoms with van der Waals surface area (Å²) in [5.41, 5.74) is -0.624. The highest BCUT2D eigenvalue weighted by Crippen LogP contribution is 2.24. The molecule has 104 valence electrons. The number of hydrogen-bond acceptors (Lipinski definition) is 5. The minimum Gasteiger partial charge on any atom is -0.458 e. The molecule has 1 fully saturated rings. The van der Waals surface area contributed by atoms with Gasteiger partial charge in [-0.25, -0.2) is 9.59 Å². The van der Waals surface area contributed by atoms with Crippen LogP contribution in [0.4, 0.5) is 4.79 Å². The normalized spacial score (nSPS) is 24.6. The number of aliphatic hydroxyl groups excluding tert-OH is 1. The van der Waals surface area contributed by atoms with Crippen molar-refractivity contribution in [3.8, 4) is 0 Å². The number of aliphatic hydroxyl groups is 1. The fraction of sp³-hybridized carbons (Fsp3) is 0.833. The van der Waals surface area contributed by atoms with Crippen molar-refractivity contribution in [1.82, 2.24) is 4.90 Å². The van der Waals surface area contributed by atoms with Crippen LogP contribution in [0.5, 0.6) is 0 Å². The Labute approximate surface area is 107 Å². The molecule has 0 saturated carbocycles. The molecule has 0 aromatic rings. The molecule has 1 amide bonds. The fourth-order valence-corrected chi connectivity index (χ4v) is 1.94. The van der Waals surface area contributed by atoms with Gasteiger partial charge in [-0.2, -0.15) is 0 Å². The molecule has 6 nitrogen and oxygen atoms in total. The van der Waals surface area contributed by atoms with E-state index < -0.39 is 29.9 Å². The van der Waals surface area contributed by atoms with Gasteiger partial charge in [0, 0.05) is 0 Å². The molecule has 0 radical (unpaired) electrons. The van der Waals surface area contributed by atoms with Crippen LogP contribution in [0.3, 0.4) is 0 Å². The van der Waals surface area contributed by atoms with Gasteiger partial charge in [-0.05, 0) is 40.0 Å². The number of ether oxygens (including phenoxy) is 2. The maximum Gasteiger partial charge on any atom is 0.412 e. The van der Waals surface area contributed by atoms with E-state index in [9.17, 15) is 14.7 Å². The molecule has 18 heavy (non-hydrogen) atoms. The average molecular weight is 259 g/mol. The molecule has 1 N–H and O–H groups in total. The number of hydrogen-bond donors (Lipinski definition) is 1. The lowest BCUT2D eigenvalue weighted by atomic mass is 10.0. The first kappa shape index (κ1) is 14.8. The lowest BCUT2D eigenvalue weighted by Gasteiger charge is -2.37. The standard InChI is InChI=1S/C12H21NO5/c1-12(2,3)18-10(15)8-6-5-7-9(14)13(8)11(16)17-4/h8-9,14H,5-7H2,1-4H3/t8-,9?/m0/s1. The Morgan fingerprint density at radius 2 is 1.89 bits per heavy atom. The van der Waals surface area contributed by atoms with Gasteiger partial charge in [0.15, 0.2) is 0 Å². The number of carbonyl (C=O) groups excluding carboxylic acids is 2. The second-order valence-corrected chi connectivity index (χ2v) is 5.34. The van der Waals surface area contributed by atoms with Crippen LogP contribution in [0.2, 0.25) is 0 Å². The summed E-state index contributed by atoms with van der Waals surface area (Å²) >= 11 is 0. The van der Waals surface area contributed by atoms with E-state index in [2.05, 4.69) is 4.74 Å². The van der Waals surface area contributed by atoms with E-state index in [1.165, 1.54) is 7.11 Å². The third kappa shape index (κ3) is 3.60. The Balaban J connectivity index is 2.82. The third-order valence-electron chi connectivity index (χ3n) is 2.66. The molecular weight excluding hydrogens is 238 g/mol. The molecule has 1 saturated heterocycles. The lowest BCUT2D eigenvalue weighted by Crippen LogP contribution is -2.54. The van der Waals surface area contributed by atoms with E-state index >= 15 is 0 Å². The zero-order valence-electron chi connectivity index (χ0n) is 11.3. The van der Waals surface area contributed by atoms with Crippen molar-refractivity contribution in [2.45, 2.75) is 57.9 Å². The van der Waals surface area contributed by atoms with Crippen molar-refractivity contribution in [3.05, 3.63) is 0 Å². The van der Waals surface area contributed by atoms with E-state index in [-0.39, 0.29) is 0 Å². The largest absolute Gasteiger partial charge is 0.458 e. The summed E-state index contributed by atoms with van der Waals surface area (Å²) in [6.45, 7) is 5.27. The summed E-state index contributed by atoms with van der Waals surface area (Å²) in [5.74, 6) is -0.508. The van der Waals surface area contributed by atoms with Crippen molar-refractivity contribution in [2.75, 3.05) is 7.11 Å². The topological polar surface area (TPSA) is 76.1 Å². The van der Waals surface area contributed by atoms with Crippen LogP contribution in [0.25, 0.3) is 0 Å². The van der Waals surface area contributed by atoms with E-state index in [0.29, 0.717) is 19.3 Å². The Hall–Kier alpha value is -1.30. The predicted molar refractivity (Wildman–Crippen MR) is 63.7 cm³/mol. The molecule has 0 aliphatic carbocycles. The molecule has 1 aliphatic heterocycles. The summed E-state index contributed by atoms with van der Waals surface area (Å²) in [7, 11) is 1.22. The maximum absolute atomic E-state index is 12.0. The number of methoxy groups -OCH3 is 1. The summed E-state index contributed by atoms with van der Waals surface area (Å²) < 4.78 is 9.84. The first-order valence-electron chi connectivity index (χ1n) is 6.03. The number of amides is 1. The van der Waals surface area contributed by atoms with Crippen molar-refractivity contribution in [3.63, 3.8) is 0 Å². The Morgan fingerprint density at radius 1 is 1.28 bits per heavy atom. The number of likely N-dealkylation sites (tertiary alicyclic amines) is 1. The van der Waals surface area contributed by atoms with Gasteiger partial charge < -0.3 is 14.6 Å². The zero-order chi connectivity index (χ0) is 13.9. The average Bonchev–Trinajstić information content (AvgIpc) is 2.25. The first-order chi connectivity index (χ1) is 8.26. The molecule has 0 spiro atoms. The van der Waals surface area contributed by atoms with Gasteiger partial charge in [0.1, 0.15) is 17.9 Å². The predicted octanol–water partition coefficient (Wildman–Crippen LogP) is 1.27. The molecule has 1 rings (SSSR count). The summed E-state index contributed by atoms with van der Waals surface area (Å²) in [6.07, 6.45) is -0.129. The minimum atomic E-state index is -0.997. The van der Waals surface area contributed by atoms with E-state index in [1.54, 1.807) is 20.8 Å². The molecule has 1 heterocycles. The van der Waals surface area contributed by atoms with Crippen LogP contribution in [0.15, 0.2) is 0 Å². The Morgan fingerprint density at radius 3 is 2.39 bits per heavy atom. The quantitative estimate of drug-likeness (QED) is 0.718. The van der Waals surface area contributed by atoms with Crippen LogP contribution in [0, 0.1) is 0 Å².